The molecule has 20 heavy (non-hydrogen) atoms. The monoisotopic (exact) mass is 267 g/mol. The van der Waals surface area contributed by atoms with Crippen LogP contribution >= 0.6 is 0 Å². The molecule has 0 radical (unpaired) electrons. The van der Waals surface area contributed by atoms with Crippen molar-refractivity contribution in [1.29, 1.82) is 0 Å². The van der Waals surface area contributed by atoms with Crippen molar-refractivity contribution < 1.29 is 9.53 Å². The fourth-order valence-corrected chi connectivity index (χ4v) is 3.72. The molecule has 2 aliphatic carbocycles. The Bertz CT molecular complexity index is 659. The highest BCUT2D eigenvalue weighted by Crippen LogP contribution is 2.66. The Morgan fingerprint density at radius 2 is 2.10 bits per heavy atom. The van der Waals surface area contributed by atoms with Crippen molar-refractivity contribution in [2.24, 2.45) is 5.92 Å². The number of ether oxygens (including phenoxy) is 1. The number of aromatic nitrogens is 1. The first-order valence-corrected chi connectivity index (χ1v) is 7.23. The third kappa shape index (κ3) is 1.62. The number of benzene rings is 1. The fraction of sp³-hybridized carbons (Fsp3) is 0.353. The molecule has 0 bridgehead atoms. The molecule has 1 aromatic heterocycles. The van der Waals surface area contributed by atoms with Gasteiger partial charge < -0.3 is 9.72 Å². The fourth-order valence-electron chi connectivity index (χ4n) is 3.72. The van der Waals surface area contributed by atoms with E-state index in [9.17, 15) is 4.79 Å². The standard InChI is InChI=1S/C17H17NO2/c1-2-20-17(19)14-8-11-13(18-14)9-12-15(16(11)12)10-6-4-3-5-7-10/h3-8,12,15-16,18H,2,9H2,1H3. The van der Waals surface area contributed by atoms with Gasteiger partial charge in [-0.25, -0.2) is 4.79 Å². The molecule has 4 rings (SSSR count). The van der Waals surface area contributed by atoms with Crippen LogP contribution in [0.3, 0.4) is 0 Å². The second-order valence-electron chi connectivity index (χ2n) is 5.67. The molecule has 3 unspecified atom stereocenters. The predicted octanol–water partition coefficient (Wildman–Crippen LogP) is 3.24. The molecule has 3 nitrogen and oxygen atoms in total. The third-order valence-corrected chi connectivity index (χ3v) is 4.58. The van der Waals surface area contributed by atoms with Crippen LogP contribution in [-0.2, 0) is 11.2 Å². The largest absolute Gasteiger partial charge is 0.461 e. The van der Waals surface area contributed by atoms with E-state index in [1.54, 1.807) is 0 Å². The Labute approximate surface area is 118 Å². The minimum atomic E-state index is -0.240. The number of nitrogens with one attached hydrogen (secondary N) is 1. The number of carbonyl (C=O) groups is 1. The van der Waals surface area contributed by atoms with Crippen LogP contribution in [0.5, 0.6) is 0 Å². The van der Waals surface area contributed by atoms with E-state index in [4.69, 9.17) is 4.74 Å². The van der Waals surface area contributed by atoms with Crippen molar-refractivity contribution in [3.8, 4) is 0 Å². The smallest absolute Gasteiger partial charge is 0.354 e. The summed E-state index contributed by atoms with van der Waals surface area (Å²) in [6, 6.07) is 12.7. The zero-order valence-electron chi connectivity index (χ0n) is 11.4. The van der Waals surface area contributed by atoms with E-state index < -0.39 is 0 Å². The van der Waals surface area contributed by atoms with Crippen LogP contribution < -0.4 is 0 Å². The van der Waals surface area contributed by atoms with E-state index in [0.717, 1.165) is 12.3 Å². The lowest BCUT2D eigenvalue weighted by atomic mass is 10.0. The van der Waals surface area contributed by atoms with E-state index >= 15 is 0 Å². The predicted molar refractivity (Wildman–Crippen MR) is 75.9 cm³/mol. The molecule has 1 aromatic carbocycles. The maximum absolute atomic E-state index is 11.8. The molecule has 102 valence electrons. The van der Waals surface area contributed by atoms with Crippen LogP contribution in [0, 0.1) is 5.92 Å². The summed E-state index contributed by atoms with van der Waals surface area (Å²) in [4.78, 5) is 15.0. The van der Waals surface area contributed by atoms with Gasteiger partial charge in [0, 0.05) is 5.69 Å². The highest BCUT2D eigenvalue weighted by molar-refractivity contribution is 5.88. The lowest BCUT2D eigenvalue weighted by Crippen LogP contribution is -2.05. The Balaban J connectivity index is 1.59. The molecular weight excluding hydrogens is 250 g/mol. The van der Waals surface area contributed by atoms with Crippen molar-refractivity contribution in [2.45, 2.75) is 25.2 Å². The summed E-state index contributed by atoms with van der Waals surface area (Å²) >= 11 is 0. The lowest BCUT2D eigenvalue weighted by Gasteiger charge is -2.03. The molecule has 0 aliphatic heterocycles. The third-order valence-electron chi connectivity index (χ3n) is 4.58. The van der Waals surface area contributed by atoms with Crippen LogP contribution in [0.2, 0.25) is 0 Å². The van der Waals surface area contributed by atoms with E-state index in [-0.39, 0.29) is 5.97 Å². The number of H-pyrrole nitrogens is 1. The number of aromatic amines is 1. The summed E-state index contributed by atoms with van der Waals surface area (Å²) in [5.74, 6) is 1.70. The number of hydrogen-bond donors (Lipinski definition) is 1. The maximum atomic E-state index is 11.8. The van der Waals surface area contributed by atoms with Crippen LogP contribution in [0.1, 0.15) is 46.1 Å². The molecule has 1 fully saturated rings. The highest BCUT2D eigenvalue weighted by atomic mass is 16.5. The van der Waals surface area contributed by atoms with Crippen molar-refractivity contribution in [2.75, 3.05) is 6.61 Å². The summed E-state index contributed by atoms with van der Waals surface area (Å²) in [6.45, 7) is 2.25. The topological polar surface area (TPSA) is 42.1 Å². The molecule has 2 aromatic rings. The molecular formula is C17H17NO2. The minimum Gasteiger partial charge on any atom is -0.461 e. The van der Waals surface area contributed by atoms with Gasteiger partial charge in [-0.2, -0.15) is 0 Å². The van der Waals surface area contributed by atoms with Gasteiger partial charge in [-0.15, -0.1) is 0 Å². The average molecular weight is 267 g/mol. The quantitative estimate of drug-likeness (QED) is 0.867. The van der Waals surface area contributed by atoms with Gasteiger partial charge in [0.15, 0.2) is 0 Å². The van der Waals surface area contributed by atoms with Gasteiger partial charge in [0.25, 0.3) is 0 Å². The van der Waals surface area contributed by atoms with Crippen molar-refractivity contribution >= 4 is 5.97 Å². The molecule has 1 saturated carbocycles. The molecule has 1 heterocycles. The van der Waals surface area contributed by atoms with Crippen LogP contribution in [0.25, 0.3) is 0 Å². The van der Waals surface area contributed by atoms with E-state index in [2.05, 4.69) is 35.3 Å². The SMILES string of the molecule is CCOC(=O)c1cc2c([nH]1)CC1C(c3ccccc3)C21. The van der Waals surface area contributed by atoms with E-state index in [0.29, 0.717) is 24.1 Å². The molecule has 2 aliphatic rings. The Morgan fingerprint density at radius 3 is 2.85 bits per heavy atom. The van der Waals surface area contributed by atoms with Gasteiger partial charge in [-0.3, -0.25) is 0 Å². The highest BCUT2D eigenvalue weighted by Gasteiger charge is 2.57. The molecule has 3 heteroatoms. The molecule has 0 spiro atoms. The van der Waals surface area contributed by atoms with Crippen molar-refractivity contribution in [3.05, 3.63) is 58.9 Å². The first kappa shape index (κ1) is 11.8. The first-order chi connectivity index (χ1) is 9.79. The second kappa shape index (κ2) is 4.23. The Morgan fingerprint density at radius 1 is 1.30 bits per heavy atom. The summed E-state index contributed by atoms with van der Waals surface area (Å²) in [5, 5.41) is 0. The van der Waals surface area contributed by atoms with Gasteiger partial charge in [0.1, 0.15) is 5.69 Å². The lowest BCUT2D eigenvalue weighted by molar-refractivity contribution is 0.0520. The van der Waals surface area contributed by atoms with Gasteiger partial charge in [0.05, 0.1) is 6.61 Å². The van der Waals surface area contributed by atoms with Crippen LogP contribution in [0.15, 0.2) is 36.4 Å². The minimum absolute atomic E-state index is 0.240. The van der Waals surface area contributed by atoms with Crippen molar-refractivity contribution in [1.82, 2.24) is 4.98 Å². The number of carbonyl (C=O) groups excluding carboxylic acids is 1. The number of fused-ring (bicyclic) bond motifs is 3. The second-order valence-corrected chi connectivity index (χ2v) is 5.67. The molecule has 0 amide bonds. The zero-order valence-corrected chi connectivity index (χ0v) is 11.4. The normalized spacial score (nSPS) is 25.9. The number of hydrogen-bond acceptors (Lipinski definition) is 2. The molecule has 0 saturated heterocycles. The van der Waals surface area contributed by atoms with Crippen molar-refractivity contribution in [3.63, 3.8) is 0 Å². The first-order valence-electron chi connectivity index (χ1n) is 7.23. The molecule has 1 N–H and O–H groups in total. The summed E-state index contributed by atoms with van der Waals surface area (Å²) in [5.41, 5.74) is 4.59. The summed E-state index contributed by atoms with van der Waals surface area (Å²) in [7, 11) is 0. The number of esters is 1. The maximum Gasteiger partial charge on any atom is 0.354 e. The molecule has 3 atom stereocenters. The number of rotatable bonds is 3. The zero-order chi connectivity index (χ0) is 13.7. The van der Waals surface area contributed by atoms with Gasteiger partial charge in [-0.1, -0.05) is 30.3 Å². The Hall–Kier alpha value is -2.03. The van der Waals surface area contributed by atoms with E-state index in [1.165, 1.54) is 16.8 Å². The Kier molecular flexibility index (Phi) is 2.49. The van der Waals surface area contributed by atoms with E-state index in [1.807, 2.05) is 13.0 Å². The van der Waals surface area contributed by atoms with Gasteiger partial charge >= 0.3 is 5.97 Å². The summed E-state index contributed by atoms with van der Waals surface area (Å²) < 4.78 is 5.05. The summed E-state index contributed by atoms with van der Waals surface area (Å²) in [6.07, 6.45) is 1.05. The van der Waals surface area contributed by atoms with Gasteiger partial charge in [0.2, 0.25) is 0 Å². The average Bonchev–Trinajstić information content (AvgIpc) is 2.83. The van der Waals surface area contributed by atoms with Gasteiger partial charge in [-0.05, 0) is 48.3 Å². The van der Waals surface area contributed by atoms with Crippen LogP contribution in [-0.4, -0.2) is 17.6 Å². The van der Waals surface area contributed by atoms with Crippen LogP contribution in [0.4, 0.5) is 0 Å².